The highest BCUT2D eigenvalue weighted by Gasteiger charge is 2.09. The molecular weight excluding hydrogens is 225 g/mol. The number of benzene rings is 1. The summed E-state index contributed by atoms with van der Waals surface area (Å²) in [4.78, 5) is 0. The molecule has 1 atom stereocenters. The zero-order valence-electron chi connectivity index (χ0n) is 9.89. The summed E-state index contributed by atoms with van der Waals surface area (Å²) in [7, 11) is 1.95. The van der Waals surface area contributed by atoms with E-state index in [1.165, 1.54) is 0 Å². The zero-order valence-corrected chi connectivity index (χ0v) is 10.6. The summed E-state index contributed by atoms with van der Waals surface area (Å²) >= 11 is 5.65. The van der Waals surface area contributed by atoms with Crippen molar-refractivity contribution in [1.82, 2.24) is 5.32 Å². The molecule has 0 heterocycles. The van der Waals surface area contributed by atoms with Crippen LogP contribution in [-0.2, 0) is 6.42 Å². The monoisotopic (exact) mass is 243 g/mol. The maximum absolute atomic E-state index is 13.3. The van der Waals surface area contributed by atoms with Crippen molar-refractivity contribution in [2.24, 2.45) is 5.92 Å². The van der Waals surface area contributed by atoms with Crippen molar-refractivity contribution in [1.29, 1.82) is 0 Å². The van der Waals surface area contributed by atoms with Gasteiger partial charge in [0, 0.05) is 0 Å². The number of nitrogens with one attached hydrogen (secondary N) is 1. The van der Waals surface area contributed by atoms with E-state index in [1.807, 2.05) is 13.1 Å². The normalized spacial score (nSPS) is 12.8. The van der Waals surface area contributed by atoms with Crippen LogP contribution in [0.3, 0.4) is 0 Å². The maximum atomic E-state index is 13.3. The number of hydrogen-bond donors (Lipinski definition) is 1. The predicted molar refractivity (Wildman–Crippen MR) is 67.4 cm³/mol. The zero-order chi connectivity index (χ0) is 12.0. The lowest BCUT2D eigenvalue weighted by molar-refractivity contribution is 0.455. The maximum Gasteiger partial charge on any atom is 0.142 e. The van der Waals surface area contributed by atoms with Crippen LogP contribution in [0.2, 0.25) is 5.02 Å². The van der Waals surface area contributed by atoms with Crippen molar-refractivity contribution in [3.8, 4) is 0 Å². The van der Waals surface area contributed by atoms with E-state index in [9.17, 15) is 4.39 Å². The van der Waals surface area contributed by atoms with Gasteiger partial charge in [0.2, 0.25) is 0 Å². The molecule has 0 bridgehead atoms. The third kappa shape index (κ3) is 4.11. The molecular formula is C13H19ClFN. The average Bonchev–Trinajstić information content (AvgIpc) is 2.24. The first-order chi connectivity index (χ1) is 7.67. The van der Waals surface area contributed by atoms with E-state index in [0.29, 0.717) is 5.92 Å². The fraction of sp³-hybridized carbons (Fsp3) is 0.538. The molecule has 0 aliphatic carbocycles. The summed E-state index contributed by atoms with van der Waals surface area (Å²) in [6.45, 7) is 3.14. The molecule has 90 valence electrons. The largest absolute Gasteiger partial charge is 0.319 e. The van der Waals surface area contributed by atoms with Crippen molar-refractivity contribution in [3.05, 3.63) is 34.6 Å². The standard InChI is InChI=1S/C13H19ClFN/c1-3-4-11(9-16-2)7-10-5-6-12(14)13(15)8-10/h5-6,8,11,16H,3-4,7,9H2,1-2H3. The molecule has 0 aliphatic rings. The van der Waals surface area contributed by atoms with Gasteiger partial charge in [0.25, 0.3) is 0 Å². The second-order valence-electron chi connectivity index (χ2n) is 4.16. The number of hydrogen-bond acceptors (Lipinski definition) is 1. The minimum Gasteiger partial charge on any atom is -0.319 e. The molecule has 0 aromatic heterocycles. The Morgan fingerprint density at radius 3 is 2.75 bits per heavy atom. The van der Waals surface area contributed by atoms with E-state index >= 15 is 0 Å². The van der Waals surface area contributed by atoms with E-state index in [0.717, 1.165) is 31.4 Å². The second kappa shape index (κ2) is 6.87. The summed E-state index contributed by atoms with van der Waals surface area (Å²) in [5.41, 5.74) is 1.02. The quantitative estimate of drug-likeness (QED) is 0.804. The Morgan fingerprint density at radius 1 is 1.44 bits per heavy atom. The van der Waals surface area contributed by atoms with Crippen molar-refractivity contribution < 1.29 is 4.39 Å². The molecule has 0 spiro atoms. The Bertz CT molecular complexity index is 322. The molecule has 1 aromatic carbocycles. The van der Waals surface area contributed by atoms with Gasteiger partial charge in [0.1, 0.15) is 5.82 Å². The molecule has 0 aliphatic heterocycles. The first-order valence-corrected chi connectivity index (χ1v) is 6.13. The highest BCUT2D eigenvalue weighted by Crippen LogP contribution is 2.19. The van der Waals surface area contributed by atoms with Crippen LogP contribution >= 0.6 is 11.6 Å². The Hall–Kier alpha value is -0.600. The van der Waals surface area contributed by atoms with Gasteiger partial charge < -0.3 is 5.32 Å². The fourth-order valence-electron chi connectivity index (χ4n) is 1.97. The molecule has 0 saturated heterocycles. The average molecular weight is 244 g/mol. The van der Waals surface area contributed by atoms with Crippen LogP contribution in [-0.4, -0.2) is 13.6 Å². The van der Waals surface area contributed by atoms with Gasteiger partial charge in [-0.25, -0.2) is 4.39 Å². The molecule has 16 heavy (non-hydrogen) atoms. The lowest BCUT2D eigenvalue weighted by atomic mass is 9.95. The molecule has 1 nitrogen and oxygen atoms in total. The number of rotatable bonds is 6. The predicted octanol–water partition coefficient (Wildman–Crippen LogP) is 3.66. The van der Waals surface area contributed by atoms with E-state index in [2.05, 4.69) is 12.2 Å². The number of halogens is 2. The van der Waals surface area contributed by atoms with Crippen LogP contribution in [0.1, 0.15) is 25.3 Å². The highest BCUT2D eigenvalue weighted by molar-refractivity contribution is 6.30. The molecule has 1 unspecified atom stereocenters. The van der Waals surface area contributed by atoms with Gasteiger partial charge in [0.15, 0.2) is 0 Å². The highest BCUT2D eigenvalue weighted by atomic mass is 35.5. The van der Waals surface area contributed by atoms with Crippen LogP contribution in [0, 0.1) is 11.7 Å². The van der Waals surface area contributed by atoms with Crippen LogP contribution in [0.5, 0.6) is 0 Å². The summed E-state index contributed by atoms with van der Waals surface area (Å²) < 4.78 is 13.3. The summed E-state index contributed by atoms with van der Waals surface area (Å²) in [6.07, 6.45) is 3.22. The van der Waals surface area contributed by atoms with E-state index in [4.69, 9.17) is 11.6 Å². The van der Waals surface area contributed by atoms with Gasteiger partial charge in [-0.3, -0.25) is 0 Å². The lowest BCUT2D eigenvalue weighted by Gasteiger charge is -2.15. The van der Waals surface area contributed by atoms with Gasteiger partial charge in [-0.05, 0) is 50.0 Å². The molecule has 1 rings (SSSR count). The Morgan fingerprint density at radius 2 is 2.19 bits per heavy atom. The van der Waals surface area contributed by atoms with Crippen molar-refractivity contribution in [2.75, 3.05) is 13.6 Å². The van der Waals surface area contributed by atoms with Gasteiger partial charge in [-0.15, -0.1) is 0 Å². The molecule has 0 amide bonds. The molecule has 1 aromatic rings. The summed E-state index contributed by atoms with van der Waals surface area (Å²) in [5, 5.41) is 3.38. The second-order valence-corrected chi connectivity index (χ2v) is 4.57. The van der Waals surface area contributed by atoms with E-state index in [1.54, 1.807) is 12.1 Å². The summed E-state index contributed by atoms with van der Waals surface area (Å²) in [5.74, 6) is 0.245. The first kappa shape index (κ1) is 13.5. The van der Waals surface area contributed by atoms with Crippen molar-refractivity contribution in [3.63, 3.8) is 0 Å². The van der Waals surface area contributed by atoms with Gasteiger partial charge in [0.05, 0.1) is 5.02 Å². The lowest BCUT2D eigenvalue weighted by Crippen LogP contribution is -2.20. The molecule has 1 N–H and O–H groups in total. The Kier molecular flexibility index (Phi) is 5.78. The topological polar surface area (TPSA) is 12.0 Å². The Labute approximate surface area is 102 Å². The van der Waals surface area contributed by atoms with Gasteiger partial charge >= 0.3 is 0 Å². The molecule has 0 fully saturated rings. The molecule has 0 radical (unpaired) electrons. The van der Waals surface area contributed by atoms with Crippen LogP contribution in [0.25, 0.3) is 0 Å². The first-order valence-electron chi connectivity index (χ1n) is 5.75. The third-order valence-electron chi connectivity index (χ3n) is 2.70. The van der Waals surface area contributed by atoms with Crippen LogP contribution in [0.15, 0.2) is 18.2 Å². The summed E-state index contributed by atoms with van der Waals surface area (Å²) in [6, 6.07) is 5.08. The smallest absolute Gasteiger partial charge is 0.142 e. The van der Waals surface area contributed by atoms with Crippen molar-refractivity contribution in [2.45, 2.75) is 26.2 Å². The SMILES string of the molecule is CCCC(CNC)Cc1ccc(Cl)c(F)c1. The molecule has 0 saturated carbocycles. The van der Waals surface area contributed by atoms with E-state index < -0.39 is 0 Å². The van der Waals surface area contributed by atoms with Crippen molar-refractivity contribution >= 4 is 11.6 Å². The minimum atomic E-state index is -0.320. The third-order valence-corrected chi connectivity index (χ3v) is 3.00. The van der Waals surface area contributed by atoms with E-state index in [-0.39, 0.29) is 10.8 Å². The Balaban J connectivity index is 2.65. The fourth-order valence-corrected chi connectivity index (χ4v) is 2.09. The van der Waals surface area contributed by atoms with Crippen LogP contribution < -0.4 is 5.32 Å². The minimum absolute atomic E-state index is 0.199. The molecule has 3 heteroatoms. The van der Waals surface area contributed by atoms with Gasteiger partial charge in [-0.2, -0.15) is 0 Å². The van der Waals surface area contributed by atoms with Gasteiger partial charge in [-0.1, -0.05) is 31.0 Å². The van der Waals surface area contributed by atoms with Crippen LogP contribution in [0.4, 0.5) is 4.39 Å².